The van der Waals surface area contributed by atoms with Crippen LogP contribution in [-0.4, -0.2) is 5.71 Å². The second-order valence-corrected chi connectivity index (χ2v) is 3.01. The SMILES string of the molecule is C/C=C/N=C(C)c1ccccc1C. The lowest BCUT2D eigenvalue weighted by atomic mass is 10.1. The number of aliphatic imine (C=N–C) groups is 1. The molecule has 0 atom stereocenters. The molecule has 0 unspecified atom stereocenters. The minimum atomic E-state index is 1.07. The van der Waals surface area contributed by atoms with Gasteiger partial charge in [-0.2, -0.15) is 0 Å². The summed E-state index contributed by atoms with van der Waals surface area (Å²) in [5.41, 5.74) is 3.56. The van der Waals surface area contributed by atoms with Gasteiger partial charge in [0, 0.05) is 11.9 Å². The Morgan fingerprint density at radius 3 is 2.62 bits per heavy atom. The molecule has 0 amide bonds. The summed E-state index contributed by atoms with van der Waals surface area (Å²) in [6.07, 6.45) is 3.75. The van der Waals surface area contributed by atoms with Crippen molar-refractivity contribution in [1.82, 2.24) is 0 Å². The first-order valence-corrected chi connectivity index (χ1v) is 4.47. The maximum absolute atomic E-state index is 4.31. The van der Waals surface area contributed by atoms with Gasteiger partial charge in [0.1, 0.15) is 0 Å². The Labute approximate surface area is 79.8 Å². The van der Waals surface area contributed by atoms with Crippen molar-refractivity contribution >= 4 is 5.71 Å². The molecule has 0 spiro atoms. The molecule has 0 aliphatic heterocycles. The summed E-state index contributed by atoms with van der Waals surface area (Å²) in [7, 11) is 0. The van der Waals surface area contributed by atoms with Crippen molar-refractivity contribution in [2.75, 3.05) is 0 Å². The van der Waals surface area contributed by atoms with E-state index in [-0.39, 0.29) is 0 Å². The molecule has 68 valence electrons. The predicted molar refractivity (Wildman–Crippen MR) is 58.2 cm³/mol. The molecular weight excluding hydrogens is 158 g/mol. The molecule has 0 aliphatic rings. The highest BCUT2D eigenvalue weighted by molar-refractivity contribution is 6.00. The normalized spacial score (nSPS) is 12.4. The average molecular weight is 173 g/mol. The van der Waals surface area contributed by atoms with Crippen LogP contribution in [0.5, 0.6) is 0 Å². The standard InChI is InChI=1S/C12H15N/c1-4-9-13-11(3)12-8-6-5-7-10(12)2/h4-9H,1-3H3/b9-4+,13-11?. The van der Waals surface area contributed by atoms with E-state index in [1.54, 1.807) is 0 Å². The Hall–Kier alpha value is -1.37. The molecule has 0 aliphatic carbocycles. The van der Waals surface area contributed by atoms with Crippen molar-refractivity contribution in [3.63, 3.8) is 0 Å². The highest BCUT2D eigenvalue weighted by atomic mass is 14.7. The number of rotatable bonds is 2. The lowest BCUT2D eigenvalue weighted by Gasteiger charge is -2.02. The summed E-state index contributed by atoms with van der Waals surface area (Å²) >= 11 is 0. The Kier molecular flexibility index (Phi) is 3.44. The van der Waals surface area contributed by atoms with Gasteiger partial charge >= 0.3 is 0 Å². The van der Waals surface area contributed by atoms with Crippen molar-refractivity contribution in [2.45, 2.75) is 20.8 Å². The molecule has 0 radical (unpaired) electrons. The lowest BCUT2D eigenvalue weighted by molar-refractivity contribution is 1.40. The van der Waals surface area contributed by atoms with Gasteiger partial charge in [-0.3, -0.25) is 4.99 Å². The van der Waals surface area contributed by atoms with Crippen molar-refractivity contribution in [3.8, 4) is 0 Å². The van der Waals surface area contributed by atoms with Gasteiger partial charge in [-0.25, -0.2) is 0 Å². The molecule has 1 rings (SSSR count). The summed E-state index contributed by atoms with van der Waals surface area (Å²) in [5.74, 6) is 0. The van der Waals surface area contributed by atoms with Crippen LogP contribution in [0.3, 0.4) is 0 Å². The molecule has 0 saturated carbocycles. The molecule has 0 heterocycles. The van der Waals surface area contributed by atoms with Crippen LogP contribution in [0.2, 0.25) is 0 Å². The third kappa shape index (κ3) is 2.55. The minimum absolute atomic E-state index is 1.07. The van der Waals surface area contributed by atoms with E-state index in [2.05, 4.69) is 24.0 Å². The fourth-order valence-electron chi connectivity index (χ4n) is 1.23. The van der Waals surface area contributed by atoms with Crippen LogP contribution in [0.25, 0.3) is 0 Å². The van der Waals surface area contributed by atoms with Crippen LogP contribution in [-0.2, 0) is 0 Å². The van der Waals surface area contributed by atoms with E-state index in [0.29, 0.717) is 0 Å². The summed E-state index contributed by atoms with van der Waals surface area (Å²) in [6.45, 7) is 6.10. The summed E-state index contributed by atoms with van der Waals surface area (Å²) < 4.78 is 0. The van der Waals surface area contributed by atoms with Crippen molar-refractivity contribution < 1.29 is 0 Å². The quantitative estimate of drug-likeness (QED) is 0.608. The molecule has 0 aromatic heterocycles. The van der Waals surface area contributed by atoms with Gasteiger partial charge in [0.25, 0.3) is 0 Å². The molecule has 1 heteroatoms. The first kappa shape index (κ1) is 9.72. The topological polar surface area (TPSA) is 12.4 Å². The van der Waals surface area contributed by atoms with E-state index in [0.717, 1.165) is 5.71 Å². The molecule has 0 N–H and O–H groups in total. The lowest BCUT2D eigenvalue weighted by Crippen LogP contribution is -1.96. The van der Waals surface area contributed by atoms with Gasteiger partial charge < -0.3 is 0 Å². The fraction of sp³-hybridized carbons (Fsp3) is 0.250. The first-order chi connectivity index (χ1) is 6.25. The van der Waals surface area contributed by atoms with Crippen LogP contribution >= 0.6 is 0 Å². The van der Waals surface area contributed by atoms with Crippen molar-refractivity contribution in [3.05, 3.63) is 47.7 Å². The van der Waals surface area contributed by atoms with E-state index in [1.807, 2.05) is 38.3 Å². The van der Waals surface area contributed by atoms with Crippen LogP contribution in [0, 0.1) is 6.92 Å². The fourth-order valence-corrected chi connectivity index (χ4v) is 1.23. The second-order valence-electron chi connectivity index (χ2n) is 3.01. The highest BCUT2D eigenvalue weighted by Crippen LogP contribution is 2.08. The summed E-state index contributed by atoms with van der Waals surface area (Å²) in [4.78, 5) is 4.31. The molecule has 1 aromatic rings. The third-order valence-electron chi connectivity index (χ3n) is 1.95. The first-order valence-electron chi connectivity index (χ1n) is 4.47. The Balaban J connectivity index is 3.01. The van der Waals surface area contributed by atoms with E-state index in [9.17, 15) is 0 Å². The van der Waals surface area contributed by atoms with Gasteiger partial charge in [-0.1, -0.05) is 30.3 Å². The van der Waals surface area contributed by atoms with Gasteiger partial charge in [0.05, 0.1) is 0 Å². The molecule has 0 fully saturated rings. The minimum Gasteiger partial charge on any atom is -0.261 e. The molecule has 1 aromatic carbocycles. The van der Waals surface area contributed by atoms with Crippen LogP contribution < -0.4 is 0 Å². The molecule has 0 saturated heterocycles. The number of benzene rings is 1. The maximum atomic E-state index is 4.31. The molecule has 13 heavy (non-hydrogen) atoms. The number of hydrogen-bond donors (Lipinski definition) is 0. The zero-order valence-electron chi connectivity index (χ0n) is 8.41. The van der Waals surface area contributed by atoms with Crippen molar-refractivity contribution in [1.29, 1.82) is 0 Å². The number of hydrogen-bond acceptors (Lipinski definition) is 1. The molecule has 1 nitrogen and oxygen atoms in total. The Morgan fingerprint density at radius 1 is 1.31 bits per heavy atom. The van der Waals surface area contributed by atoms with Crippen LogP contribution in [0.15, 0.2) is 41.5 Å². The van der Waals surface area contributed by atoms with Crippen LogP contribution in [0.4, 0.5) is 0 Å². The molecule has 0 bridgehead atoms. The number of allylic oxidation sites excluding steroid dienone is 1. The summed E-state index contributed by atoms with van der Waals surface area (Å²) in [5, 5.41) is 0. The second kappa shape index (κ2) is 4.61. The third-order valence-corrected chi connectivity index (χ3v) is 1.95. The van der Waals surface area contributed by atoms with E-state index in [1.165, 1.54) is 11.1 Å². The molecular formula is C12H15N. The number of nitrogens with zero attached hydrogens (tertiary/aromatic N) is 1. The van der Waals surface area contributed by atoms with E-state index < -0.39 is 0 Å². The van der Waals surface area contributed by atoms with Gasteiger partial charge in [-0.15, -0.1) is 0 Å². The predicted octanol–water partition coefficient (Wildman–Crippen LogP) is 3.34. The van der Waals surface area contributed by atoms with E-state index in [4.69, 9.17) is 0 Å². The Morgan fingerprint density at radius 2 is 2.00 bits per heavy atom. The average Bonchev–Trinajstić information content (AvgIpc) is 2.15. The van der Waals surface area contributed by atoms with Gasteiger partial charge in [0.2, 0.25) is 0 Å². The zero-order chi connectivity index (χ0) is 9.68. The van der Waals surface area contributed by atoms with Gasteiger partial charge in [0.15, 0.2) is 0 Å². The van der Waals surface area contributed by atoms with Crippen molar-refractivity contribution in [2.24, 2.45) is 4.99 Å². The summed E-state index contributed by atoms with van der Waals surface area (Å²) in [6, 6.07) is 8.28. The van der Waals surface area contributed by atoms with Gasteiger partial charge in [-0.05, 0) is 31.9 Å². The highest BCUT2D eigenvalue weighted by Gasteiger charge is 1.98. The number of aryl methyl sites for hydroxylation is 1. The van der Waals surface area contributed by atoms with Crippen LogP contribution in [0.1, 0.15) is 25.0 Å². The largest absolute Gasteiger partial charge is 0.261 e. The monoisotopic (exact) mass is 173 g/mol. The van der Waals surface area contributed by atoms with E-state index >= 15 is 0 Å². The maximum Gasteiger partial charge on any atom is 0.0447 e. The zero-order valence-corrected chi connectivity index (χ0v) is 8.41. The Bertz CT molecular complexity index is 335. The smallest absolute Gasteiger partial charge is 0.0447 e.